The first-order chi connectivity index (χ1) is 14.0. The fourth-order valence-electron chi connectivity index (χ4n) is 3.36. The van der Waals surface area contributed by atoms with Crippen molar-refractivity contribution >= 4 is 22.5 Å². The number of hydrogen-bond donors (Lipinski definition) is 1. The van der Waals surface area contributed by atoms with Gasteiger partial charge in [-0.25, -0.2) is 4.79 Å². The zero-order valence-electron chi connectivity index (χ0n) is 16.3. The largest absolute Gasteiger partial charge is 0.349 e. The smallest absolute Gasteiger partial charge is 0.325 e. The highest BCUT2D eigenvalue weighted by atomic mass is 16.2. The van der Waals surface area contributed by atoms with Crippen molar-refractivity contribution in [2.45, 2.75) is 20.4 Å². The summed E-state index contributed by atoms with van der Waals surface area (Å²) < 4.78 is 1.41. The minimum absolute atomic E-state index is 0.103. The van der Waals surface area contributed by atoms with E-state index >= 15 is 0 Å². The molecule has 0 spiro atoms. The molecular weight excluding hydrogens is 362 g/mol. The number of carbonyl (C=O) groups excluding carboxylic acids is 1. The molecule has 0 saturated carbocycles. The maximum Gasteiger partial charge on any atom is 0.349 e. The molecule has 0 fully saturated rings. The number of nitrogens with zero attached hydrogens (tertiary/aromatic N) is 2. The molecule has 29 heavy (non-hydrogen) atoms. The van der Waals surface area contributed by atoms with Crippen molar-refractivity contribution in [2.24, 2.45) is 0 Å². The van der Waals surface area contributed by atoms with Gasteiger partial charge in [0, 0.05) is 16.6 Å². The van der Waals surface area contributed by atoms with Crippen LogP contribution in [0.25, 0.3) is 22.2 Å². The van der Waals surface area contributed by atoms with Crippen LogP contribution in [-0.4, -0.2) is 15.5 Å². The summed E-state index contributed by atoms with van der Waals surface area (Å²) in [6.07, 6.45) is 0. The number of carbonyl (C=O) groups is 1. The van der Waals surface area contributed by atoms with E-state index < -0.39 is 5.69 Å². The zero-order chi connectivity index (χ0) is 20.4. The normalized spacial score (nSPS) is 10.8. The third-order valence-corrected chi connectivity index (χ3v) is 5.03. The lowest BCUT2D eigenvalue weighted by molar-refractivity contribution is -0.116. The number of aromatic nitrogens is 2. The fraction of sp³-hybridized carbons (Fsp3) is 0.125. The van der Waals surface area contributed by atoms with Crippen LogP contribution in [0.4, 0.5) is 5.69 Å². The van der Waals surface area contributed by atoms with Crippen LogP contribution in [0.3, 0.4) is 0 Å². The first-order valence-corrected chi connectivity index (χ1v) is 9.45. The van der Waals surface area contributed by atoms with Crippen LogP contribution in [0.5, 0.6) is 0 Å². The molecule has 1 N–H and O–H groups in total. The lowest BCUT2D eigenvalue weighted by Crippen LogP contribution is -2.30. The summed E-state index contributed by atoms with van der Waals surface area (Å²) in [5.41, 5.74) is 4.69. The van der Waals surface area contributed by atoms with Crippen LogP contribution in [-0.2, 0) is 11.3 Å². The molecule has 0 aliphatic carbocycles. The highest BCUT2D eigenvalue weighted by molar-refractivity contribution is 5.95. The Kier molecular flexibility index (Phi) is 4.96. The van der Waals surface area contributed by atoms with Gasteiger partial charge in [-0.1, -0.05) is 54.6 Å². The number of aryl methyl sites for hydroxylation is 2. The van der Waals surface area contributed by atoms with Gasteiger partial charge < -0.3 is 5.32 Å². The van der Waals surface area contributed by atoms with Gasteiger partial charge in [-0.05, 0) is 43.2 Å². The van der Waals surface area contributed by atoms with Crippen LogP contribution in [0.1, 0.15) is 11.1 Å². The maximum atomic E-state index is 12.8. The van der Waals surface area contributed by atoms with E-state index in [-0.39, 0.29) is 12.5 Å². The van der Waals surface area contributed by atoms with E-state index in [2.05, 4.69) is 10.3 Å². The molecule has 3 aromatic carbocycles. The highest BCUT2D eigenvalue weighted by Gasteiger charge is 2.14. The number of rotatable bonds is 4. The number of hydrogen-bond acceptors (Lipinski definition) is 3. The van der Waals surface area contributed by atoms with Crippen molar-refractivity contribution in [1.29, 1.82) is 0 Å². The number of amides is 1. The molecule has 4 aromatic rings. The van der Waals surface area contributed by atoms with Crippen molar-refractivity contribution in [3.8, 4) is 11.3 Å². The maximum absolute atomic E-state index is 12.8. The molecule has 0 aliphatic rings. The first-order valence-electron chi connectivity index (χ1n) is 9.45. The predicted molar refractivity (Wildman–Crippen MR) is 116 cm³/mol. The second-order valence-electron chi connectivity index (χ2n) is 7.06. The summed E-state index contributed by atoms with van der Waals surface area (Å²) in [6, 6.07) is 22.8. The third kappa shape index (κ3) is 3.80. The average Bonchev–Trinajstić information content (AvgIpc) is 2.73. The second-order valence-corrected chi connectivity index (χ2v) is 7.06. The number of nitrogens with one attached hydrogen (secondary N) is 1. The molecule has 0 saturated heterocycles. The van der Waals surface area contributed by atoms with Crippen LogP contribution < -0.4 is 11.0 Å². The van der Waals surface area contributed by atoms with Gasteiger partial charge in [-0.15, -0.1) is 0 Å². The van der Waals surface area contributed by atoms with Crippen LogP contribution in [0.2, 0.25) is 0 Å². The van der Waals surface area contributed by atoms with Gasteiger partial charge in [0.1, 0.15) is 6.54 Å². The van der Waals surface area contributed by atoms with E-state index in [1.165, 1.54) is 4.57 Å². The van der Waals surface area contributed by atoms with E-state index in [0.29, 0.717) is 16.9 Å². The second kappa shape index (κ2) is 7.72. The van der Waals surface area contributed by atoms with Gasteiger partial charge in [0.2, 0.25) is 5.91 Å². The molecule has 0 bridgehead atoms. The van der Waals surface area contributed by atoms with Gasteiger partial charge in [0.05, 0.1) is 11.2 Å². The molecular formula is C24H21N3O2. The molecule has 0 unspecified atom stereocenters. The van der Waals surface area contributed by atoms with Gasteiger partial charge in [-0.3, -0.25) is 9.36 Å². The molecule has 5 heteroatoms. The Balaban J connectivity index is 1.71. The molecule has 0 radical (unpaired) electrons. The van der Waals surface area contributed by atoms with Crippen molar-refractivity contribution in [1.82, 2.24) is 9.55 Å². The average molecular weight is 383 g/mol. The molecule has 0 atom stereocenters. The van der Waals surface area contributed by atoms with Crippen LogP contribution in [0, 0.1) is 13.8 Å². The molecule has 1 amide bonds. The van der Waals surface area contributed by atoms with Gasteiger partial charge >= 0.3 is 5.69 Å². The van der Waals surface area contributed by atoms with Crippen molar-refractivity contribution < 1.29 is 4.79 Å². The molecule has 1 heterocycles. The highest BCUT2D eigenvalue weighted by Crippen LogP contribution is 2.25. The minimum Gasteiger partial charge on any atom is -0.325 e. The number of benzene rings is 3. The van der Waals surface area contributed by atoms with Crippen molar-refractivity contribution in [3.63, 3.8) is 0 Å². The molecule has 1 aromatic heterocycles. The number of para-hydroxylation sites is 1. The Bertz CT molecular complexity index is 1260. The number of anilines is 1. The van der Waals surface area contributed by atoms with E-state index in [0.717, 1.165) is 22.1 Å². The quantitative estimate of drug-likeness (QED) is 0.571. The van der Waals surface area contributed by atoms with Crippen molar-refractivity contribution in [3.05, 3.63) is 94.4 Å². The Labute approximate surface area is 168 Å². The summed E-state index contributed by atoms with van der Waals surface area (Å²) >= 11 is 0. The van der Waals surface area contributed by atoms with Gasteiger partial charge in [0.15, 0.2) is 0 Å². The Hall–Kier alpha value is -3.73. The summed E-state index contributed by atoms with van der Waals surface area (Å²) in [5.74, 6) is -0.269. The fourth-order valence-corrected chi connectivity index (χ4v) is 3.36. The molecule has 5 nitrogen and oxygen atoms in total. The number of fused-ring (bicyclic) bond motifs is 1. The molecule has 144 valence electrons. The lowest BCUT2D eigenvalue weighted by Gasteiger charge is -2.13. The van der Waals surface area contributed by atoms with Crippen LogP contribution in [0.15, 0.2) is 77.6 Å². The summed E-state index contributed by atoms with van der Waals surface area (Å²) in [7, 11) is 0. The van der Waals surface area contributed by atoms with E-state index in [9.17, 15) is 9.59 Å². The first kappa shape index (κ1) is 18.6. The van der Waals surface area contributed by atoms with Gasteiger partial charge in [0.25, 0.3) is 0 Å². The van der Waals surface area contributed by atoms with E-state index in [4.69, 9.17) is 0 Å². The third-order valence-electron chi connectivity index (χ3n) is 5.03. The predicted octanol–water partition coefficient (Wildman–Crippen LogP) is 4.32. The van der Waals surface area contributed by atoms with Crippen molar-refractivity contribution in [2.75, 3.05) is 5.32 Å². The summed E-state index contributed by atoms with van der Waals surface area (Å²) in [6.45, 7) is 3.91. The zero-order valence-corrected chi connectivity index (χ0v) is 16.3. The van der Waals surface area contributed by atoms with E-state index in [1.54, 1.807) is 0 Å². The Morgan fingerprint density at radius 2 is 1.66 bits per heavy atom. The topological polar surface area (TPSA) is 64.0 Å². The van der Waals surface area contributed by atoms with Gasteiger partial charge in [-0.2, -0.15) is 4.98 Å². The summed E-state index contributed by atoms with van der Waals surface area (Å²) in [4.78, 5) is 29.7. The standard InChI is InChI=1S/C24H21N3O2/c1-16-12-13-19(14-17(16)2)25-22(28)15-27-21-11-7-6-10-20(21)23(26-24(27)29)18-8-4-3-5-9-18/h3-14H,15H2,1-2H3,(H,25,28). The Morgan fingerprint density at radius 3 is 2.41 bits per heavy atom. The SMILES string of the molecule is Cc1ccc(NC(=O)Cn2c(=O)nc(-c3ccccc3)c3ccccc32)cc1C. The molecule has 4 rings (SSSR count). The minimum atomic E-state index is -0.446. The lowest BCUT2D eigenvalue weighted by atomic mass is 10.1. The molecule has 0 aliphatic heterocycles. The summed E-state index contributed by atoms with van der Waals surface area (Å²) in [5, 5.41) is 3.70. The monoisotopic (exact) mass is 383 g/mol. The van der Waals surface area contributed by atoms with E-state index in [1.807, 2.05) is 86.6 Å². The Morgan fingerprint density at radius 1 is 0.931 bits per heavy atom. The van der Waals surface area contributed by atoms with Crippen LogP contribution >= 0.6 is 0 Å².